The van der Waals surface area contributed by atoms with Crippen LogP contribution in [0.2, 0.25) is 0 Å². The average molecular weight is 139 g/mol. The molecule has 2 aliphatic rings. The van der Waals surface area contributed by atoms with Gasteiger partial charge in [0.05, 0.1) is 0 Å². The maximum absolute atomic E-state index is 5.19. The van der Waals surface area contributed by atoms with Gasteiger partial charge in [-0.15, -0.1) is 0 Å². The molecule has 0 aromatic heterocycles. The van der Waals surface area contributed by atoms with Crippen molar-refractivity contribution in [3.05, 3.63) is 12.2 Å². The van der Waals surface area contributed by atoms with Crippen LogP contribution in [0.1, 0.15) is 6.92 Å². The van der Waals surface area contributed by atoms with E-state index in [9.17, 15) is 0 Å². The molecule has 10 heavy (non-hydrogen) atoms. The maximum Gasteiger partial charge on any atom is 0.181 e. The van der Waals surface area contributed by atoms with E-state index in [0.717, 1.165) is 5.71 Å². The van der Waals surface area contributed by atoms with E-state index in [4.69, 9.17) is 9.47 Å². The minimum Gasteiger partial charge on any atom is -0.343 e. The number of aliphatic imine (C=N–C) groups is 1. The smallest absolute Gasteiger partial charge is 0.181 e. The molecule has 0 saturated carbocycles. The standard InChI is InChI=1S/C7H9NO2/c1-5-2-3-6-7(8-5)10-4-9-6/h2-3,6-7H,4H2,1H3. The van der Waals surface area contributed by atoms with Crippen molar-refractivity contribution in [1.82, 2.24) is 0 Å². The second-order valence-electron chi connectivity index (χ2n) is 2.44. The fourth-order valence-corrected chi connectivity index (χ4v) is 1.10. The molecule has 3 nitrogen and oxygen atoms in total. The molecule has 0 spiro atoms. The van der Waals surface area contributed by atoms with E-state index in [1.54, 1.807) is 0 Å². The van der Waals surface area contributed by atoms with Crippen molar-refractivity contribution < 1.29 is 9.47 Å². The van der Waals surface area contributed by atoms with Gasteiger partial charge in [-0.1, -0.05) is 0 Å². The van der Waals surface area contributed by atoms with Gasteiger partial charge in [-0.3, -0.25) is 4.99 Å². The van der Waals surface area contributed by atoms with Gasteiger partial charge in [-0.05, 0) is 19.1 Å². The summed E-state index contributed by atoms with van der Waals surface area (Å²) in [6.07, 6.45) is 3.92. The summed E-state index contributed by atoms with van der Waals surface area (Å²) in [7, 11) is 0. The van der Waals surface area contributed by atoms with E-state index >= 15 is 0 Å². The van der Waals surface area contributed by atoms with Gasteiger partial charge >= 0.3 is 0 Å². The molecule has 0 aromatic carbocycles. The molecule has 1 saturated heterocycles. The molecule has 0 radical (unpaired) electrons. The Morgan fingerprint density at radius 3 is 3.40 bits per heavy atom. The van der Waals surface area contributed by atoms with Crippen LogP contribution in [-0.2, 0) is 9.47 Å². The van der Waals surface area contributed by atoms with Crippen molar-refractivity contribution >= 4 is 5.71 Å². The minimum absolute atomic E-state index is 0.0590. The zero-order valence-corrected chi connectivity index (χ0v) is 5.78. The summed E-state index contributed by atoms with van der Waals surface area (Å²) in [5.41, 5.74) is 1.01. The first-order chi connectivity index (χ1) is 4.86. The van der Waals surface area contributed by atoms with Crippen LogP contribution in [0, 0.1) is 0 Å². The van der Waals surface area contributed by atoms with Crippen molar-refractivity contribution in [1.29, 1.82) is 0 Å². The van der Waals surface area contributed by atoms with E-state index in [0.29, 0.717) is 6.79 Å². The van der Waals surface area contributed by atoms with Gasteiger partial charge in [0, 0.05) is 5.71 Å². The fourth-order valence-electron chi connectivity index (χ4n) is 1.10. The van der Waals surface area contributed by atoms with Crippen LogP contribution in [0.25, 0.3) is 0 Å². The van der Waals surface area contributed by atoms with Gasteiger partial charge in [0.25, 0.3) is 0 Å². The molecule has 1 fully saturated rings. The summed E-state index contributed by atoms with van der Waals surface area (Å²) in [5.74, 6) is 0. The Morgan fingerprint density at radius 2 is 2.50 bits per heavy atom. The van der Waals surface area contributed by atoms with Crippen molar-refractivity contribution in [3.8, 4) is 0 Å². The summed E-state index contributed by atoms with van der Waals surface area (Å²) in [6, 6.07) is 0. The SMILES string of the molecule is CC1=NC2OCOC2C=C1. The van der Waals surface area contributed by atoms with Gasteiger partial charge in [0.2, 0.25) is 0 Å². The summed E-state index contributed by atoms with van der Waals surface area (Å²) in [6.45, 7) is 2.32. The van der Waals surface area contributed by atoms with Crippen molar-refractivity contribution in [3.63, 3.8) is 0 Å². The normalized spacial score (nSPS) is 37.5. The van der Waals surface area contributed by atoms with Crippen LogP contribution in [0.15, 0.2) is 17.1 Å². The number of allylic oxidation sites excluding steroid dienone is 1. The Morgan fingerprint density at radius 1 is 1.60 bits per heavy atom. The highest BCUT2D eigenvalue weighted by atomic mass is 16.7. The highest BCUT2D eigenvalue weighted by Crippen LogP contribution is 2.18. The molecule has 2 aliphatic heterocycles. The predicted octanol–water partition coefficient (Wildman–Crippen LogP) is 0.716. The zero-order chi connectivity index (χ0) is 6.97. The second-order valence-corrected chi connectivity index (χ2v) is 2.44. The lowest BCUT2D eigenvalue weighted by atomic mass is 10.2. The molecular weight excluding hydrogens is 130 g/mol. The quantitative estimate of drug-likeness (QED) is 0.495. The summed E-state index contributed by atoms with van der Waals surface area (Å²) in [5, 5.41) is 0. The number of nitrogens with zero attached hydrogens (tertiary/aromatic N) is 1. The van der Waals surface area contributed by atoms with E-state index in [2.05, 4.69) is 4.99 Å². The monoisotopic (exact) mass is 139 g/mol. The third kappa shape index (κ3) is 0.874. The van der Waals surface area contributed by atoms with E-state index in [-0.39, 0.29) is 12.3 Å². The third-order valence-corrected chi connectivity index (χ3v) is 1.64. The topological polar surface area (TPSA) is 30.8 Å². The van der Waals surface area contributed by atoms with Gasteiger partial charge in [-0.2, -0.15) is 0 Å². The predicted molar refractivity (Wildman–Crippen MR) is 36.9 cm³/mol. The molecule has 54 valence electrons. The number of hydrogen-bond donors (Lipinski definition) is 0. The maximum atomic E-state index is 5.19. The molecular formula is C7H9NO2. The number of hydrogen-bond acceptors (Lipinski definition) is 3. The Bertz CT molecular complexity index is 198. The van der Waals surface area contributed by atoms with Gasteiger partial charge < -0.3 is 9.47 Å². The molecule has 0 aliphatic carbocycles. The Balaban J connectivity index is 2.20. The highest BCUT2D eigenvalue weighted by molar-refractivity contribution is 5.93. The minimum atomic E-state index is -0.0787. The van der Waals surface area contributed by atoms with Crippen molar-refractivity contribution in [2.24, 2.45) is 4.99 Å². The Labute approximate surface area is 59.4 Å². The highest BCUT2D eigenvalue weighted by Gasteiger charge is 2.28. The molecule has 2 heterocycles. The van der Waals surface area contributed by atoms with Crippen LogP contribution < -0.4 is 0 Å². The number of rotatable bonds is 0. The first-order valence-electron chi connectivity index (χ1n) is 3.32. The van der Waals surface area contributed by atoms with Crippen molar-refractivity contribution in [2.45, 2.75) is 19.3 Å². The van der Waals surface area contributed by atoms with E-state index in [1.807, 2.05) is 19.1 Å². The van der Waals surface area contributed by atoms with Crippen LogP contribution in [0.3, 0.4) is 0 Å². The van der Waals surface area contributed by atoms with Crippen LogP contribution in [0.5, 0.6) is 0 Å². The summed E-state index contributed by atoms with van der Waals surface area (Å²) in [4.78, 5) is 4.23. The summed E-state index contributed by atoms with van der Waals surface area (Å²) >= 11 is 0. The Kier molecular flexibility index (Phi) is 1.32. The largest absolute Gasteiger partial charge is 0.343 e. The average Bonchev–Trinajstić information content (AvgIpc) is 2.33. The molecule has 0 amide bonds. The molecule has 0 aromatic rings. The summed E-state index contributed by atoms with van der Waals surface area (Å²) < 4.78 is 10.4. The van der Waals surface area contributed by atoms with Crippen molar-refractivity contribution in [2.75, 3.05) is 6.79 Å². The van der Waals surface area contributed by atoms with Gasteiger partial charge in [0.15, 0.2) is 13.0 Å². The van der Waals surface area contributed by atoms with Crippen LogP contribution in [-0.4, -0.2) is 24.8 Å². The number of fused-ring (bicyclic) bond motifs is 1. The fraction of sp³-hybridized carbons (Fsp3) is 0.571. The lowest BCUT2D eigenvalue weighted by molar-refractivity contribution is 0.0450. The zero-order valence-electron chi connectivity index (χ0n) is 5.78. The van der Waals surface area contributed by atoms with E-state index < -0.39 is 0 Å². The van der Waals surface area contributed by atoms with Gasteiger partial charge in [-0.25, -0.2) is 0 Å². The molecule has 2 rings (SSSR count). The molecule has 3 heteroatoms. The number of ether oxygens (including phenoxy) is 2. The van der Waals surface area contributed by atoms with Gasteiger partial charge in [0.1, 0.15) is 6.10 Å². The lowest BCUT2D eigenvalue weighted by Gasteiger charge is -2.12. The molecule has 0 bridgehead atoms. The van der Waals surface area contributed by atoms with E-state index in [1.165, 1.54) is 0 Å². The molecule has 0 N–H and O–H groups in total. The first-order valence-corrected chi connectivity index (χ1v) is 3.32. The van der Waals surface area contributed by atoms with Crippen LogP contribution in [0.4, 0.5) is 0 Å². The second kappa shape index (κ2) is 2.18. The molecule has 2 unspecified atom stereocenters. The Hall–Kier alpha value is -0.670. The first kappa shape index (κ1) is 6.07. The third-order valence-electron chi connectivity index (χ3n) is 1.64. The number of dihydropyridines is 1. The molecule has 2 atom stereocenters. The lowest BCUT2D eigenvalue weighted by Crippen LogP contribution is -2.22. The van der Waals surface area contributed by atoms with Crippen LogP contribution >= 0.6 is 0 Å².